The zero-order valence-electron chi connectivity index (χ0n) is 8.40. The van der Waals surface area contributed by atoms with Gasteiger partial charge in [0.05, 0.1) is 12.8 Å². The van der Waals surface area contributed by atoms with Crippen LogP contribution in [0.4, 0.5) is 0 Å². The van der Waals surface area contributed by atoms with Gasteiger partial charge in [-0.25, -0.2) is 0 Å². The van der Waals surface area contributed by atoms with Gasteiger partial charge in [-0.3, -0.25) is 0 Å². The average molecular weight is 219 g/mol. The maximum atomic E-state index is 5.51. The summed E-state index contributed by atoms with van der Waals surface area (Å²) in [7, 11) is 0. The summed E-state index contributed by atoms with van der Waals surface area (Å²) in [5.74, 6) is 1.06. The predicted molar refractivity (Wildman–Crippen MR) is 61.9 cm³/mol. The van der Waals surface area contributed by atoms with Crippen LogP contribution in [0.5, 0.6) is 0 Å². The van der Waals surface area contributed by atoms with E-state index in [0.717, 1.165) is 18.3 Å². The molecule has 2 aromatic heterocycles. The van der Waals surface area contributed by atoms with Crippen LogP contribution in [0.25, 0.3) is 11.1 Å². The third-order valence-corrected chi connectivity index (χ3v) is 3.39. The fourth-order valence-corrected chi connectivity index (χ4v) is 2.33. The van der Waals surface area contributed by atoms with E-state index >= 15 is 0 Å². The molecule has 1 fully saturated rings. The van der Waals surface area contributed by atoms with Crippen molar-refractivity contribution in [3.63, 3.8) is 0 Å². The number of furan rings is 1. The van der Waals surface area contributed by atoms with Crippen molar-refractivity contribution >= 4 is 11.3 Å². The minimum atomic E-state index is 0.727. The molecule has 1 saturated carbocycles. The molecule has 2 aromatic rings. The van der Waals surface area contributed by atoms with Crippen molar-refractivity contribution in [2.24, 2.45) is 0 Å². The van der Waals surface area contributed by atoms with E-state index < -0.39 is 0 Å². The molecule has 0 amide bonds. The molecule has 1 aliphatic rings. The van der Waals surface area contributed by atoms with Gasteiger partial charge < -0.3 is 9.73 Å². The first-order valence-electron chi connectivity index (χ1n) is 5.26. The maximum Gasteiger partial charge on any atom is 0.125 e. The highest BCUT2D eigenvalue weighted by Crippen LogP contribution is 2.27. The van der Waals surface area contributed by atoms with Crippen LogP contribution >= 0.6 is 11.3 Å². The van der Waals surface area contributed by atoms with Crippen molar-refractivity contribution in [3.8, 4) is 11.1 Å². The lowest BCUT2D eigenvalue weighted by molar-refractivity contribution is 0.483. The van der Waals surface area contributed by atoms with E-state index in [1.54, 1.807) is 17.6 Å². The van der Waals surface area contributed by atoms with Crippen LogP contribution in [0.2, 0.25) is 0 Å². The molecular formula is C12H13NOS. The van der Waals surface area contributed by atoms with Crippen LogP contribution in [0.1, 0.15) is 18.6 Å². The molecule has 1 N–H and O–H groups in total. The second kappa shape index (κ2) is 3.83. The van der Waals surface area contributed by atoms with Crippen LogP contribution in [0.15, 0.2) is 33.6 Å². The summed E-state index contributed by atoms with van der Waals surface area (Å²) in [5, 5.41) is 7.73. The van der Waals surface area contributed by atoms with Gasteiger partial charge in [0.15, 0.2) is 0 Å². The van der Waals surface area contributed by atoms with Crippen molar-refractivity contribution in [1.82, 2.24) is 5.32 Å². The molecule has 0 radical (unpaired) electrons. The molecule has 0 aliphatic heterocycles. The number of hydrogen-bond acceptors (Lipinski definition) is 3. The third-order valence-electron chi connectivity index (χ3n) is 2.71. The Labute approximate surface area is 92.9 Å². The standard InChI is InChI=1S/C12H13NOS/c1-2-10(1)13-7-12-11(3-5-14-12)9-4-6-15-8-9/h3-6,8,10,13H,1-2,7H2. The van der Waals surface area contributed by atoms with Crippen LogP contribution in [0.3, 0.4) is 0 Å². The Hall–Kier alpha value is -1.06. The monoisotopic (exact) mass is 219 g/mol. The van der Waals surface area contributed by atoms with Crippen molar-refractivity contribution in [2.75, 3.05) is 0 Å². The molecular weight excluding hydrogens is 206 g/mol. The lowest BCUT2D eigenvalue weighted by atomic mass is 10.1. The van der Waals surface area contributed by atoms with Gasteiger partial charge in [0, 0.05) is 11.6 Å². The zero-order valence-corrected chi connectivity index (χ0v) is 9.22. The molecule has 0 saturated heterocycles. The molecule has 0 aromatic carbocycles. The molecule has 0 spiro atoms. The second-order valence-corrected chi connectivity index (χ2v) is 4.70. The lowest BCUT2D eigenvalue weighted by Crippen LogP contribution is -2.15. The van der Waals surface area contributed by atoms with Gasteiger partial charge in [0.25, 0.3) is 0 Å². The first-order chi connectivity index (χ1) is 7.43. The first-order valence-corrected chi connectivity index (χ1v) is 6.20. The molecule has 15 heavy (non-hydrogen) atoms. The number of hydrogen-bond donors (Lipinski definition) is 1. The Morgan fingerprint density at radius 3 is 3.07 bits per heavy atom. The maximum absolute atomic E-state index is 5.51. The Kier molecular flexibility index (Phi) is 2.35. The smallest absolute Gasteiger partial charge is 0.125 e. The normalized spacial score (nSPS) is 15.7. The summed E-state index contributed by atoms with van der Waals surface area (Å²) in [5.41, 5.74) is 2.49. The summed E-state index contributed by atoms with van der Waals surface area (Å²) >= 11 is 1.72. The highest BCUT2D eigenvalue weighted by atomic mass is 32.1. The van der Waals surface area contributed by atoms with Crippen molar-refractivity contribution < 1.29 is 4.42 Å². The van der Waals surface area contributed by atoms with E-state index in [4.69, 9.17) is 4.42 Å². The Balaban J connectivity index is 1.79. The Morgan fingerprint density at radius 1 is 1.40 bits per heavy atom. The molecule has 0 atom stereocenters. The molecule has 2 nitrogen and oxygen atoms in total. The predicted octanol–water partition coefficient (Wildman–Crippen LogP) is 3.26. The second-order valence-electron chi connectivity index (χ2n) is 3.92. The number of nitrogens with one attached hydrogen (secondary N) is 1. The molecule has 0 bridgehead atoms. The topological polar surface area (TPSA) is 25.2 Å². The number of rotatable bonds is 4. The molecule has 1 aliphatic carbocycles. The van der Waals surface area contributed by atoms with E-state index in [1.165, 1.54) is 24.0 Å². The summed E-state index contributed by atoms with van der Waals surface area (Å²) in [6.07, 6.45) is 4.40. The Morgan fingerprint density at radius 2 is 2.33 bits per heavy atom. The molecule has 0 unspecified atom stereocenters. The van der Waals surface area contributed by atoms with Gasteiger partial charge >= 0.3 is 0 Å². The quantitative estimate of drug-likeness (QED) is 0.853. The van der Waals surface area contributed by atoms with Gasteiger partial charge in [0.2, 0.25) is 0 Å². The van der Waals surface area contributed by atoms with E-state index in [2.05, 4.69) is 22.1 Å². The van der Waals surface area contributed by atoms with Crippen LogP contribution in [-0.2, 0) is 6.54 Å². The summed E-state index contributed by atoms with van der Waals surface area (Å²) < 4.78 is 5.51. The molecule has 3 heteroatoms. The van der Waals surface area contributed by atoms with E-state index in [0.29, 0.717) is 0 Å². The minimum absolute atomic E-state index is 0.727. The first kappa shape index (κ1) is 9.19. The van der Waals surface area contributed by atoms with Gasteiger partial charge in [-0.05, 0) is 41.3 Å². The number of thiophene rings is 1. The summed E-state index contributed by atoms with van der Waals surface area (Å²) in [4.78, 5) is 0. The third kappa shape index (κ3) is 1.98. The molecule has 78 valence electrons. The highest BCUT2D eigenvalue weighted by molar-refractivity contribution is 7.08. The van der Waals surface area contributed by atoms with E-state index in [-0.39, 0.29) is 0 Å². The average Bonchev–Trinajstić information content (AvgIpc) is 2.79. The van der Waals surface area contributed by atoms with E-state index in [9.17, 15) is 0 Å². The van der Waals surface area contributed by atoms with Crippen LogP contribution < -0.4 is 5.32 Å². The molecule has 2 heterocycles. The van der Waals surface area contributed by atoms with Gasteiger partial charge in [-0.1, -0.05) is 0 Å². The molecule has 3 rings (SSSR count). The van der Waals surface area contributed by atoms with Gasteiger partial charge in [0.1, 0.15) is 5.76 Å². The van der Waals surface area contributed by atoms with Crippen LogP contribution in [0, 0.1) is 0 Å². The van der Waals surface area contributed by atoms with Crippen molar-refractivity contribution in [3.05, 3.63) is 34.9 Å². The van der Waals surface area contributed by atoms with Crippen molar-refractivity contribution in [1.29, 1.82) is 0 Å². The SMILES string of the molecule is c1cc(-c2ccsc2)c(CNC2CC2)o1. The minimum Gasteiger partial charge on any atom is -0.467 e. The fourth-order valence-electron chi connectivity index (χ4n) is 1.68. The lowest BCUT2D eigenvalue weighted by Gasteiger charge is -2.01. The largest absolute Gasteiger partial charge is 0.467 e. The van der Waals surface area contributed by atoms with Gasteiger partial charge in [-0.2, -0.15) is 11.3 Å². The Bertz CT molecular complexity index is 428. The van der Waals surface area contributed by atoms with E-state index in [1.807, 2.05) is 6.07 Å². The highest BCUT2D eigenvalue weighted by Gasteiger charge is 2.21. The van der Waals surface area contributed by atoms with Crippen molar-refractivity contribution in [2.45, 2.75) is 25.4 Å². The zero-order chi connectivity index (χ0) is 10.1. The summed E-state index contributed by atoms with van der Waals surface area (Å²) in [6.45, 7) is 0.850. The van der Waals surface area contributed by atoms with Gasteiger partial charge in [-0.15, -0.1) is 0 Å². The summed E-state index contributed by atoms with van der Waals surface area (Å²) in [6, 6.07) is 4.91. The fraction of sp³-hybridized carbons (Fsp3) is 0.333. The van der Waals surface area contributed by atoms with Crippen LogP contribution in [-0.4, -0.2) is 6.04 Å².